The standard InChI is InChI=1S/C14H18ClFN4O2/c15-11-9-10(1-2-12(11)16)19-14(22)13(21)18-5-8-20-6-3-17-4-7-20/h1-2,9,17H,3-8H2,(H,18,21)(H,19,22). The topological polar surface area (TPSA) is 73.5 Å². The van der Waals surface area contributed by atoms with Gasteiger partial charge in [-0.2, -0.15) is 0 Å². The molecule has 1 aliphatic heterocycles. The fourth-order valence-electron chi connectivity index (χ4n) is 2.10. The number of hydrogen-bond acceptors (Lipinski definition) is 4. The number of amides is 2. The number of carbonyl (C=O) groups is 2. The third-order valence-corrected chi connectivity index (χ3v) is 3.60. The van der Waals surface area contributed by atoms with Crippen LogP contribution in [-0.4, -0.2) is 56.0 Å². The highest BCUT2D eigenvalue weighted by Crippen LogP contribution is 2.19. The normalized spacial score (nSPS) is 15.4. The molecule has 0 aromatic heterocycles. The Hall–Kier alpha value is -1.70. The van der Waals surface area contributed by atoms with Gasteiger partial charge in [-0.1, -0.05) is 11.6 Å². The minimum absolute atomic E-state index is 0.114. The molecule has 1 fully saturated rings. The van der Waals surface area contributed by atoms with Crippen molar-refractivity contribution in [1.29, 1.82) is 0 Å². The summed E-state index contributed by atoms with van der Waals surface area (Å²) in [6.07, 6.45) is 0. The Labute approximate surface area is 133 Å². The summed E-state index contributed by atoms with van der Waals surface area (Å²) >= 11 is 5.61. The number of nitrogens with zero attached hydrogens (tertiary/aromatic N) is 1. The first-order chi connectivity index (χ1) is 10.6. The largest absolute Gasteiger partial charge is 0.347 e. The molecule has 22 heavy (non-hydrogen) atoms. The summed E-state index contributed by atoms with van der Waals surface area (Å²) in [4.78, 5) is 25.6. The van der Waals surface area contributed by atoms with Gasteiger partial charge in [0.2, 0.25) is 0 Å². The van der Waals surface area contributed by atoms with E-state index in [0.29, 0.717) is 13.1 Å². The molecule has 1 saturated heterocycles. The van der Waals surface area contributed by atoms with Crippen LogP contribution in [0.4, 0.5) is 10.1 Å². The van der Waals surface area contributed by atoms with Gasteiger partial charge in [0, 0.05) is 45.0 Å². The summed E-state index contributed by atoms with van der Waals surface area (Å²) < 4.78 is 13.0. The predicted molar refractivity (Wildman–Crippen MR) is 82.4 cm³/mol. The third kappa shape index (κ3) is 4.94. The van der Waals surface area contributed by atoms with Gasteiger partial charge in [0.1, 0.15) is 5.82 Å². The Bertz CT molecular complexity index is 550. The van der Waals surface area contributed by atoms with Crippen LogP contribution in [0.15, 0.2) is 18.2 Å². The summed E-state index contributed by atoms with van der Waals surface area (Å²) in [7, 11) is 0. The van der Waals surface area contributed by atoms with E-state index in [1.165, 1.54) is 12.1 Å². The summed E-state index contributed by atoms with van der Waals surface area (Å²) in [5.74, 6) is -2.11. The lowest BCUT2D eigenvalue weighted by molar-refractivity contribution is -0.136. The molecular weight excluding hydrogens is 311 g/mol. The average Bonchev–Trinajstić information content (AvgIpc) is 2.52. The van der Waals surface area contributed by atoms with Crippen LogP contribution >= 0.6 is 11.6 Å². The molecule has 3 N–H and O–H groups in total. The van der Waals surface area contributed by atoms with Gasteiger partial charge in [-0.25, -0.2) is 4.39 Å². The maximum Gasteiger partial charge on any atom is 0.313 e. The quantitative estimate of drug-likeness (QED) is 0.701. The molecule has 0 spiro atoms. The van der Waals surface area contributed by atoms with Crippen LogP contribution in [0.3, 0.4) is 0 Å². The van der Waals surface area contributed by atoms with Gasteiger partial charge >= 0.3 is 11.8 Å². The molecule has 1 aromatic carbocycles. The smallest absolute Gasteiger partial charge is 0.313 e. The van der Waals surface area contributed by atoms with E-state index >= 15 is 0 Å². The van der Waals surface area contributed by atoms with Crippen LogP contribution in [0.1, 0.15) is 0 Å². The van der Waals surface area contributed by atoms with Crippen molar-refractivity contribution in [2.75, 3.05) is 44.6 Å². The van der Waals surface area contributed by atoms with Crippen molar-refractivity contribution in [1.82, 2.24) is 15.5 Å². The second-order valence-electron chi connectivity index (χ2n) is 4.93. The minimum Gasteiger partial charge on any atom is -0.347 e. The maximum absolute atomic E-state index is 13.0. The molecule has 120 valence electrons. The second-order valence-corrected chi connectivity index (χ2v) is 5.34. The molecule has 2 amide bonds. The van der Waals surface area contributed by atoms with Crippen molar-refractivity contribution in [2.24, 2.45) is 0 Å². The van der Waals surface area contributed by atoms with Crippen LogP contribution in [0.2, 0.25) is 5.02 Å². The van der Waals surface area contributed by atoms with E-state index in [0.717, 1.165) is 32.2 Å². The molecule has 1 aliphatic rings. The van der Waals surface area contributed by atoms with Gasteiger partial charge in [0.25, 0.3) is 0 Å². The maximum atomic E-state index is 13.0. The molecule has 0 aliphatic carbocycles. The van der Waals surface area contributed by atoms with E-state index < -0.39 is 17.6 Å². The first-order valence-electron chi connectivity index (χ1n) is 7.03. The molecule has 0 atom stereocenters. The zero-order valence-electron chi connectivity index (χ0n) is 12.0. The minimum atomic E-state index is -0.803. The Balaban J connectivity index is 1.74. The Morgan fingerprint density at radius 1 is 1.27 bits per heavy atom. The van der Waals surface area contributed by atoms with Crippen molar-refractivity contribution >= 4 is 29.1 Å². The van der Waals surface area contributed by atoms with Gasteiger partial charge in [-0.3, -0.25) is 14.5 Å². The SMILES string of the molecule is O=C(NCCN1CCNCC1)C(=O)Nc1ccc(F)c(Cl)c1. The van der Waals surface area contributed by atoms with E-state index in [1.54, 1.807) is 0 Å². The number of benzene rings is 1. The molecule has 0 saturated carbocycles. The first-order valence-corrected chi connectivity index (χ1v) is 7.41. The summed E-state index contributed by atoms with van der Waals surface area (Å²) in [5, 5.41) is 8.05. The van der Waals surface area contributed by atoms with E-state index in [9.17, 15) is 14.0 Å². The van der Waals surface area contributed by atoms with Crippen LogP contribution in [0, 0.1) is 5.82 Å². The summed E-state index contributed by atoms with van der Waals surface area (Å²) in [5.41, 5.74) is 0.272. The van der Waals surface area contributed by atoms with Gasteiger partial charge in [-0.15, -0.1) is 0 Å². The first kappa shape index (κ1) is 16.7. The molecule has 0 unspecified atom stereocenters. The van der Waals surface area contributed by atoms with Gasteiger partial charge in [0.15, 0.2) is 0 Å². The van der Waals surface area contributed by atoms with E-state index in [1.807, 2.05) is 0 Å². The van der Waals surface area contributed by atoms with Crippen molar-refractivity contribution in [3.05, 3.63) is 29.0 Å². The van der Waals surface area contributed by atoms with Gasteiger partial charge in [0.05, 0.1) is 5.02 Å². The molecule has 2 rings (SSSR count). The number of anilines is 1. The Kier molecular flexibility index (Phi) is 6.11. The fourth-order valence-corrected chi connectivity index (χ4v) is 2.28. The van der Waals surface area contributed by atoms with Crippen molar-refractivity contribution in [2.45, 2.75) is 0 Å². The van der Waals surface area contributed by atoms with Crippen molar-refractivity contribution < 1.29 is 14.0 Å². The lowest BCUT2D eigenvalue weighted by atomic mass is 10.3. The third-order valence-electron chi connectivity index (χ3n) is 3.31. The molecule has 8 heteroatoms. The Morgan fingerprint density at radius 2 is 2.00 bits per heavy atom. The zero-order valence-corrected chi connectivity index (χ0v) is 12.8. The highest BCUT2D eigenvalue weighted by molar-refractivity contribution is 6.39. The molecule has 0 bridgehead atoms. The monoisotopic (exact) mass is 328 g/mol. The second kappa shape index (κ2) is 8.07. The average molecular weight is 329 g/mol. The fraction of sp³-hybridized carbons (Fsp3) is 0.429. The summed E-state index contributed by atoms with van der Waals surface area (Å²) in [6.45, 7) is 4.81. The van der Waals surface area contributed by atoms with Gasteiger partial charge in [-0.05, 0) is 18.2 Å². The summed E-state index contributed by atoms with van der Waals surface area (Å²) in [6, 6.07) is 3.72. The number of piperazine rings is 1. The number of carbonyl (C=O) groups excluding carboxylic acids is 2. The van der Waals surface area contributed by atoms with Crippen molar-refractivity contribution in [3.63, 3.8) is 0 Å². The number of halogens is 2. The molecule has 6 nitrogen and oxygen atoms in total. The number of rotatable bonds is 4. The highest BCUT2D eigenvalue weighted by Gasteiger charge is 2.15. The van der Waals surface area contributed by atoms with E-state index in [2.05, 4.69) is 20.9 Å². The van der Waals surface area contributed by atoms with Crippen molar-refractivity contribution in [3.8, 4) is 0 Å². The zero-order chi connectivity index (χ0) is 15.9. The van der Waals surface area contributed by atoms with Crippen LogP contribution in [0.5, 0.6) is 0 Å². The Morgan fingerprint density at radius 3 is 2.68 bits per heavy atom. The van der Waals surface area contributed by atoms with E-state index in [4.69, 9.17) is 11.6 Å². The van der Waals surface area contributed by atoms with E-state index in [-0.39, 0.29) is 10.7 Å². The molecule has 1 heterocycles. The lowest BCUT2D eigenvalue weighted by Crippen LogP contribution is -2.47. The molecule has 1 aromatic rings. The van der Waals surface area contributed by atoms with Crippen LogP contribution < -0.4 is 16.0 Å². The molecule has 0 radical (unpaired) electrons. The highest BCUT2D eigenvalue weighted by atomic mass is 35.5. The predicted octanol–water partition coefficient (Wildman–Crippen LogP) is 0.439. The lowest BCUT2D eigenvalue weighted by Gasteiger charge is -2.26. The number of nitrogens with one attached hydrogen (secondary N) is 3. The molecular formula is C14H18ClFN4O2. The number of hydrogen-bond donors (Lipinski definition) is 3. The van der Waals surface area contributed by atoms with Crippen LogP contribution in [-0.2, 0) is 9.59 Å². The van der Waals surface area contributed by atoms with Crippen LogP contribution in [0.25, 0.3) is 0 Å². The van der Waals surface area contributed by atoms with Gasteiger partial charge < -0.3 is 16.0 Å².